The molecule has 2 aromatic rings. The van der Waals surface area contributed by atoms with E-state index in [0.717, 1.165) is 18.1 Å². The van der Waals surface area contributed by atoms with Gasteiger partial charge in [0.1, 0.15) is 5.75 Å². The van der Waals surface area contributed by atoms with Gasteiger partial charge in [-0.25, -0.2) is 4.52 Å². The molecule has 0 saturated carbocycles. The van der Waals surface area contributed by atoms with E-state index in [1.807, 2.05) is 30.3 Å². The van der Waals surface area contributed by atoms with Crippen molar-refractivity contribution in [2.75, 3.05) is 18.9 Å². The van der Waals surface area contributed by atoms with E-state index in [1.165, 1.54) is 36.9 Å². The van der Waals surface area contributed by atoms with Crippen LogP contribution in [-0.2, 0) is 4.52 Å². The fourth-order valence-corrected chi connectivity index (χ4v) is 8.04. The topological polar surface area (TPSA) is 18.5 Å². The van der Waals surface area contributed by atoms with E-state index in [4.69, 9.17) is 9.26 Å². The summed E-state index contributed by atoms with van der Waals surface area (Å²) in [5.74, 6) is 1.88. The van der Waals surface area contributed by atoms with Gasteiger partial charge in [0, 0.05) is 5.41 Å². The molecule has 0 unspecified atom stereocenters. The summed E-state index contributed by atoms with van der Waals surface area (Å²) in [6, 6.07) is 18.6. The Kier molecular flexibility index (Phi) is 3.91. The molecule has 3 heterocycles. The van der Waals surface area contributed by atoms with Gasteiger partial charge >= 0.3 is 0 Å². The molecule has 3 fully saturated rings. The Morgan fingerprint density at radius 2 is 1.70 bits per heavy atom. The fraction of sp³-hybridized carbons (Fsp3) is 0.400. The van der Waals surface area contributed by atoms with E-state index in [1.54, 1.807) is 0 Å². The summed E-state index contributed by atoms with van der Waals surface area (Å²) >= 11 is 0. The Morgan fingerprint density at radius 3 is 2.35 bits per heavy atom. The molecule has 0 aliphatic carbocycles. The van der Waals surface area contributed by atoms with Crippen molar-refractivity contribution in [3.8, 4) is 11.5 Å². The van der Waals surface area contributed by atoms with E-state index in [0.29, 0.717) is 5.41 Å². The van der Waals surface area contributed by atoms with Gasteiger partial charge in [0.05, 0.1) is 18.9 Å². The van der Waals surface area contributed by atoms with Crippen LogP contribution in [0.5, 0.6) is 11.5 Å². The van der Waals surface area contributed by atoms with Crippen molar-refractivity contribution >= 4 is 12.8 Å². The van der Waals surface area contributed by atoms with Crippen LogP contribution in [0.1, 0.15) is 26.2 Å². The summed E-state index contributed by atoms with van der Waals surface area (Å²) in [5, 5.41) is 1.33. The number of rotatable bonds is 4. The zero-order valence-corrected chi connectivity index (χ0v) is 14.6. The Morgan fingerprint density at radius 1 is 1.00 bits per heavy atom. The van der Waals surface area contributed by atoms with Gasteiger partial charge in [-0.2, -0.15) is 0 Å². The summed E-state index contributed by atoms with van der Waals surface area (Å²) in [7, 11) is -1.51. The third-order valence-corrected chi connectivity index (χ3v) is 9.41. The van der Waals surface area contributed by atoms with Crippen LogP contribution in [0.25, 0.3) is 0 Å². The molecule has 120 valence electrons. The number of hydrogen-bond donors (Lipinski definition) is 0. The van der Waals surface area contributed by atoms with Crippen molar-refractivity contribution in [3.05, 3.63) is 54.6 Å². The highest BCUT2D eigenvalue weighted by Crippen LogP contribution is 2.71. The molecular weight excluding hydrogens is 303 g/mol. The minimum Gasteiger partial charge on any atom is -0.453 e. The Hall–Kier alpha value is -1.37. The molecule has 23 heavy (non-hydrogen) atoms. The molecule has 2 bridgehead atoms. The molecule has 3 heteroatoms. The molecule has 0 atom stereocenters. The van der Waals surface area contributed by atoms with E-state index >= 15 is 0 Å². The molecule has 0 N–H and O–H groups in total. The van der Waals surface area contributed by atoms with Gasteiger partial charge in [-0.1, -0.05) is 37.3 Å². The van der Waals surface area contributed by atoms with Crippen LogP contribution in [0.15, 0.2) is 54.6 Å². The number of fused-ring (bicyclic) bond motifs is 3. The molecule has 0 radical (unpaired) electrons. The average Bonchev–Trinajstić information content (AvgIpc) is 2.64. The summed E-state index contributed by atoms with van der Waals surface area (Å²) in [5.41, 5.74) is 0.455. The molecule has 0 amide bonds. The molecule has 2 aromatic carbocycles. The van der Waals surface area contributed by atoms with Gasteiger partial charge in [-0.3, -0.25) is 0 Å². The molecule has 2 nitrogen and oxygen atoms in total. The minimum atomic E-state index is -1.51. The van der Waals surface area contributed by atoms with E-state index in [2.05, 4.69) is 31.2 Å². The molecule has 0 aromatic heterocycles. The summed E-state index contributed by atoms with van der Waals surface area (Å²) in [6.07, 6.45) is 6.31. The smallest absolute Gasteiger partial charge is 0.181 e. The maximum absolute atomic E-state index is 6.55. The minimum absolute atomic E-state index is 0.455. The second kappa shape index (κ2) is 5.92. The SMILES string of the molecule is CCC12CC[P+](c3ccccc3Oc3ccccc3)(CC1)OC2. The van der Waals surface area contributed by atoms with Crippen LogP contribution in [0.2, 0.25) is 0 Å². The first-order valence-corrected chi connectivity index (χ1v) is 10.7. The van der Waals surface area contributed by atoms with Crippen LogP contribution < -0.4 is 10.0 Å². The van der Waals surface area contributed by atoms with Gasteiger partial charge < -0.3 is 4.74 Å². The number of hydrogen-bond acceptors (Lipinski definition) is 2. The Bertz CT molecular complexity index is 659. The lowest BCUT2D eigenvalue weighted by Gasteiger charge is -2.47. The standard InChI is InChI=1S/C20H24O2P/c1-2-20-12-14-23(15-13-20,21-16-20)19-11-7-6-10-18(19)22-17-8-4-3-5-9-17/h3-11H,2,12-16H2,1H3/q+1. The molecule has 3 saturated heterocycles. The van der Waals surface area contributed by atoms with Gasteiger partial charge in [-0.15, -0.1) is 0 Å². The van der Waals surface area contributed by atoms with Gasteiger partial charge in [0.15, 0.2) is 18.5 Å². The zero-order valence-electron chi connectivity index (χ0n) is 13.7. The van der Waals surface area contributed by atoms with Crippen molar-refractivity contribution in [1.29, 1.82) is 0 Å². The Balaban J connectivity index is 1.65. The summed E-state index contributed by atoms with van der Waals surface area (Å²) < 4.78 is 12.8. The number of ether oxygens (including phenoxy) is 1. The second-order valence-electron chi connectivity index (χ2n) is 6.85. The van der Waals surface area contributed by atoms with Gasteiger partial charge in [0.2, 0.25) is 0 Å². The monoisotopic (exact) mass is 327 g/mol. The van der Waals surface area contributed by atoms with Crippen LogP contribution in [0.3, 0.4) is 0 Å². The first-order valence-electron chi connectivity index (χ1n) is 8.59. The Labute approximate surface area is 139 Å². The van der Waals surface area contributed by atoms with Crippen molar-refractivity contribution < 1.29 is 9.26 Å². The van der Waals surface area contributed by atoms with Crippen molar-refractivity contribution in [1.82, 2.24) is 0 Å². The first-order chi connectivity index (χ1) is 11.3. The molecule has 3 aliphatic rings. The highest BCUT2D eigenvalue weighted by molar-refractivity contribution is 7.78. The summed E-state index contributed by atoms with van der Waals surface area (Å²) in [4.78, 5) is 0. The lowest BCUT2D eigenvalue weighted by molar-refractivity contribution is 0.0972. The molecule has 3 aliphatic heterocycles. The van der Waals surface area contributed by atoms with Crippen LogP contribution in [0, 0.1) is 5.41 Å². The highest BCUT2D eigenvalue weighted by atomic mass is 31.2. The highest BCUT2D eigenvalue weighted by Gasteiger charge is 2.57. The van der Waals surface area contributed by atoms with Crippen molar-refractivity contribution in [2.24, 2.45) is 5.41 Å². The fourth-order valence-electron chi connectivity index (χ4n) is 3.87. The van der Waals surface area contributed by atoms with E-state index in [9.17, 15) is 0 Å². The predicted octanol–water partition coefficient (Wildman–Crippen LogP) is 5.26. The normalized spacial score (nSPS) is 29.4. The second-order valence-corrected chi connectivity index (χ2v) is 10.3. The van der Waals surface area contributed by atoms with Crippen LogP contribution in [-0.4, -0.2) is 18.9 Å². The predicted molar refractivity (Wildman–Crippen MR) is 97.2 cm³/mol. The lowest BCUT2D eigenvalue weighted by atomic mass is 9.80. The molecule has 5 rings (SSSR count). The third kappa shape index (κ3) is 2.69. The first kappa shape index (κ1) is 15.2. The molecular formula is C20H24O2P+. The number of benzene rings is 2. The summed E-state index contributed by atoms with van der Waals surface area (Å²) in [6.45, 7) is 3.25. The van der Waals surface area contributed by atoms with Crippen molar-refractivity contribution in [2.45, 2.75) is 26.2 Å². The van der Waals surface area contributed by atoms with Crippen LogP contribution >= 0.6 is 7.49 Å². The van der Waals surface area contributed by atoms with Gasteiger partial charge in [-0.05, 0) is 43.5 Å². The number of para-hydroxylation sites is 2. The lowest BCUT2D eigenvalue weighted by Crippen LogP contribution is -2.43. The maximum atomic E-state index is 6.55. The molecule has 0 spiro atoms. The maximum Gasteiger partial charge on any atom is 0.181 e. The quantitative estimate of drug-likeness (QED) is 0.713. The zero-order chi connectivity index (χ0) is 15.8. The third-order valence-electron chi connectivity index (χ3n) is 5.65. The largest absolute Gasteiger partial charge is 0.453 e. The average molecular weight is 327 g/mol. The van der Waals surface area contributed by atoms with E-state index in [-0.39, 0.29) is 0 Å². The van der Waals surface area contributed by atoms with Gasteiger partial charge in [0.25, 0.3) is 0 Å². The van der Waals surface area contributed by atoms with Crippen LogP contribution in [0.4, 0.5) is 0 Å². The van der Waals surface area contributed by atoms with Crippen molar-refractivity contribution in [3.63, 3.8) is 0 Å². The van der Waals surface area contributed by atoms with E-state index < -0.39 is 7.49 Å².